The second-order valence-electron chi connectivity index (χ2n) is 8.86. The molecular formula is C25H32N4O2S. The fraction of sp³-hybridized carbons (Fsp3) is 0.520. The molecule has 2 aromatic heterocycles. The number of thiophene rings is 1. The minimum atomic E-state index is 0.125. The van der Waals surface area contributed by atoms with Gasteiger partial charge in [0.15, 0.2) is 0 Å². The first-order chi connectivity index (χ1) is 15.8. The number of hydrogen-bond acceptors (Lipinski definition) is 6. The van der Waals surface area contributed by atoms with Crippen molar-refractivity contribution < 1.29 is 4.74 Å². The monoisotopic (exact) mass is 452 g/mol. The van der Waals surface area contributed by atoms with Crippen molar-refractivity contribution in [1.29, 1.82) is 0 Å². The number of morpholine rings is 1. The molecule has 0 saturated carbocycles. The van der Waals surface area contributed by atoms with E-state index < -0.39 is 0 Å². The second kappa shape index (κ2) is 10.3. The van der Waals surface area contributed by atoms with Crippen LogP contribution in [0, 0.1) is 0 Å². The van der Waals surface area contributed by atoms with E-state index >= 15 is 0 Å². The van der Waals surface area contributed by atoms with Crippen molar-refractivity contribution >= 4 is 21.6 Å². The molecule has 0 spiro atoms. The van der Waals surface area contributed by atoms with Crippen LogP contribution in [0.4, 0.5) is 0 Å². The van der Waals surface area contributed by atoms with Gasteiger partial charge in [-0.1, -0.05) is 30.3 Å². The topological polar surface area (TPSA) is 59.4 Å². The Hall–Kier alpha value is -2.06. The van der Waals surface area contributed by atoms with Gasteiger partial charge in [-0.3, -0.25) is 14.3 Å². The highest BCUT2D eigenvalue weighted by molar-refractivity contribution is 7.18. The lowest BCUT2D eigenvalue weighted by atomic mass is 9.93. The van der Waals surface area contributed by atoms with Crippen LogP contribution < -0.4 is 10.9 Å². The van der Waals surface area contributed by atoms with Crippen LogP contribution in [-0.4, -0.2) is 59.9 Å². The Balaban J connectivity index is 1.20. The largest absolute Gasteiger partial charge is 0.379 e. The molecule has 1 atom stereocenters. The maximum Gasteiger partial charge on any atom is 0.262 e. The maximum absolute atomic E-state index is 13.2. The number of rotatable bonds is 8. The van der Waals surface area contributed by atoms with Gasteiger partial charge in [-0.25, -0.2) is 4.98 Å². The van der Waals surface area contributed by atoms with Crippen molar-refractivity contribution in [2.24, 2.45) is 0 Å². The van der Waals surface area contributed by atoms with Gasteiger partial charge >= 0.3 is 0 Å². The van der Waals surface area contributed by atoms with E-state index in [1.165, 1.54) is 22.4 Å². The lowest BCUT2D eigenvalue weighted by Crippen LogP contribution is -2.39. The van der Waals surface area contributed by atoms with Gasteiger partial charge in [0.05, 0.1) is 24.9 Å². The molecule has 6 nitrogen and oxygen atoms in total. The Labute approximate surface area is 193 Å². The minimum absolute atomic E-state index is 0.125. The highest BCUT2D eigenvalue weighted by atomic mass is 32.1. The second-order valence-corrected chi connectivity index (χ2v) is 9.95. The molecule has 0 radical (unpaired) electrons. The third-order valence-corrected chi connectivity index (χ3v) is 7.87. The van der Waals surface area contributed by atoms with Crippen molar-refractivity contribution in [2.75, 3.05) is 39.4 Å². The average Bonchev–Trinajstić information content (AvgIpc) is 3.21. The number of aromatic nitrogens is 2. The molecule has 1 unspecified atom stereocenters. The molecule has 0 amide bonds. The summed E-state index contributed by atoms with van der Waals surface area (Å²) in [7, 11) is 0. The Morgan fingerprint density at radius 3 is 2.84 bits per heavy atom. The quantitative estimate of drug-likeness (QED) is 0.533. The predicted molar refractivity (Wildman–Crippen MR) is 130 cm³/mol. The normalized spacial score (nSPS) is 19.3. The van der Waals surface area contributed by atoms with Gasteiger partial charge in [-0.2, -0.15) is 0 Å². The molecule has 3 heterocycles. The lowest BCUT2D eigenvalue weighted by Gasteiger charge is -2.27. The van der Waals surface area contributed by atoms with Gasteiger partial charge in [0, 0.05) is 30.6 Å². The number of ether oxygens (including phenoxy) is 1. The van der Waals surface area contributed by atoms with E-state index in [0.29, 0.717) is 12.6 Å². The lowest BCUT2D eigenvalue weighted by molar-refractivity contribution is 0.0373. The van der Waals surface area contributed by atoms with Gasteiger partial charge in [0.1, 0.15) is 4.83 Å². The standard InChI is InChI=1S/C25H32N4O2S/c30-25-23-21-8-7-20(26-10-4-11-28-13-15-31-16-14-28)17-22(21)32-24(23)27-18-29(25)12-9-19-5-2-1-3-6-19/h1-3,5-6,18,20,26H,4,7-17H2. The van der Waals surface area contributed by atoms with Crippen LogP contribution in [0.2, 0.25) is 0 Å². The molecule has 1 N–H and O–H groups in total. The van der Waals surface area contributed by atoms with E-state index in [1.54, 1.807) is 22.2 Å². The van der Waals surface area contributed by atoms with Gasteiger partial charge in [0.25, 0.3) is 5.56 Å². The van der Waals surface area contributed by atoms with Crippen LogP contribution in [0.25, 0.3) is 10.2 Å². The molecule has 3 aromatic rings. The Kier molecular flexibility index (Phi) is 6.97. The van der Waals surface area contributed by atoms with Crippen LogP contribution in [-0.2, 0) is 30.5 Å². The number of benzene rings is 1. The fourth-order valence-electron chi connectivity index (χ4n) is 4.86. The summed E-state index contributed by atoms with van der Waals surface area (Å²) in [4.78, 5) is 22.6. The van der Waals surface area contributed by atoms with E-state index in [4.69, 9.17) is 4.74 Å². The zero-order chi connectivity index (χ0) is 21.8. The molecule has 5 rings (SSSR count). The Morgan fingerprint density at radius 2 is 2.00 bits per heavy atom. The number of hydrogen-bond donors (Lipinski definition) is 1. The van der Waals surface area contributed by atoms with Crippen LogP contribution in [0.5, 0.6) is 0 Å². The van der Waals surface area contributed by atoms with E-state index in [9.17, 15) is 4.79 Å². The number of aryl methyl sites for hydroxylation is 3. The molecule has 0 bridgehead atoms. The van der Waals surface area contributed by atoms with Crippen LogP contribution >= 0.6 is 11.3 Å². The SMILES string of the molecule is O=c1c2c3c(sc2ncn1CCc1ccccc1)CC(NCCCN1CCOCC1)CC3. The zero-order valence-corrected chi connectivity index (χ0v) is 19.4. The number of nitrogens with zero attached hydrogens (tertiary/aromatic N) is 3. The molecule has 1 aliphatic heterocycles. The van der Waals surface area contributed by atoms with Crippen LogP contribution in [0.1, 0.15) is 28.8 Å². The summed E-state index contributed by atoms with van der Waals surface area (Å²) in [5, 5.41) is 4.62. The molecule has 1 fully saturated rings. The third-order valence-electron chi connectivity index (χ3n) is 6.71. The molecule has 170 valence electrons. The summed E-state index contributed by atoms with van der Waals surface area (Å²) in [6, 6.07) is 10.8. The molecule has 1 aromatic carbocycles. The predicted octanol–water partition coefficient (Wildman–Crippen LogP) is 2.87. The van der Waals surface area contributed by atoms with Crippen molar-refractivity contribution in [2.45, 2.75) is 44.7 Å². The van der Waals surface area contributed by atoms with Crippen molar-refractivity contribution in [3.63, 3.8) is 0 Å². The Bertz CT molecular complexity index is 1090. The first-order valence-corrected chi connectivity index (χ1v) is 12.7. The smallest absolute Gasteiger partial charge is 0.262 e. The fourth-order valence-corrected chi connectivity index (χ4v) is 6.12. The highest BCUT2D eigenvalue weighted by Crippen LogP contribution is 2.33. The summed E-state index contributed by atoms with van der Waals surface area (Å²) in [5.41, 5.74) is 2.62. The van der Waals surface area contributed by atoms with E-state index in [-0.39, 0.29) is 5.56 Å². The van der Waals surface area contributed by atoms with Crippen molar-refractivity contribution in [3.8, 4) is 0 Å². The molecule has 32 heavy (non-hydrogen) atoms. The minimum Gasteiger partial charge on any atom is -0.379 e. The first-order valence-electron chi connectivity index (χ1n) is 11.8. The molecule has 1 saturated heterocycles. The summed E-state index contributed by atoms with van der Waals surface area (Å²) in [6.45, 7) is 6.72. The molecule has 2 aliphatic rings. The van der Waals surface area contributed by atoms with E-state index in [0.717, 1.165) is 75.3 Å². The first kappa shape index (κ1) is 21.8. The van der Waals surface area contributed by atoms with E-state index in [2.05, 4.69) is 27.3 Å². The van der Waals surface area contributed by atoms with E-state index in [1.807, 2.05) is 18.2 Å². The summed E-state index contributed by atoms with van der Waals surface area (Å²) in [5.74, 6) is 0. The van der Waals surface area contributed by atoms with Crippen LogP contribution in [0.15, 0.2) is 41.5 Å². The Morgan fingerprint density at radius 1 is 1.16 bits per heavy atom. The molecule has 7 heteroatoms. The van der Waals surface area contributed by atoms with Gasteiger partial charge in [-0.15, -0.1) is 11.3 Å². The number of nitrogens with one attached hydrogen (secondary N) is 1. The summed E-state index contributed by atoms with van der Waals surface area (Å²) < 4.78 is 7.21. The highest BCUT2D eigenvalue weighted by Gasteiger charge is 2.25. The zero-order valence-electron chi connectivity index (χ0n) is 18.6. The average molecular weight is 453 g/mol. The summed E-state index contributed by atoms with van der Waals surface area (Å²) in [6.07, 6.45) is 6.82. The maximum atomic E-state index is 13.2. The third kappa shape index (κ3) is 4.96. The molecular weight excluding hydrogens is 420 g/mol. The van der Waals surface area contributed by atoms with Gasteiger partial charge in [0.2, 0.25) is 0 Å². The van der Waals surface area contributed by atoms with Gasteiger partial charge in [-0.05, 0) is 56.3 Å². The number of fused-ring (bicyclic) bond motifs is 3. The van der Waals surface area contributed by atoms with Crippen molar-refractivity contribution in [3.05, 3.63) is 63.0 Å². The van der Waals surface area contributed by atoms with Crippen molar-refractivity contribution in [1.82, 2.24) is 19.8 Å². The van der Waals surface area contributed by atoms with Crippen LogP contribution in [0.3, 0.4) is 0 Å². The summed E-state index contributed by atoms with van der Waals surface area (Å²) >= 11 is 1.72. The van der Waals surface area contributed by atoms with Gasteiger partial charge < -0.3 is 10.1 Å². The molecule has 1 aliphatic carbocycles.